The summed E-state index contributed by atoms with van der Waals surface area (Å²) in [4.78, 5) is 22.1. The van der Waals surface area contributed by atoms with E-state index in [9.17, 15) is 9.90 Å². The van der Waals surface area contributed by atoms with Crippen molar-refractivity contribution in [2.24, 2.45) is 0 Å². The molecule has 1 aromatic carbocycles. The van der Waals surface area contributed by atoms with Crippen LogP contribution in [0.25, 0.3) is 22.2 Å². The molecule has 0 bridgehead atoms. The second-order valence-electron chi connectivity index (χ2n) is 4.98. The Morgan fingerprint density at radius 2 is 1.88 bits per heavy atom. The third-order valence-corrected chi connectivity index (χ3v) is 6.00. The quantitative estimate of drug-likeness (QED) is 0.405. The van der Waals surface area contributed by atoms with Crippen molar-refractivity contribution in [3.05, 3.63) is 58.3 Å². The van der Waals surface area contributed by atoms with Gasteiger partial charge in [-0.1, -0.05) is 11.3 Å². The number of imidazole rings is 1. The number of pyridine rings is 1. The zero-order valence-corrected chi connectivity index (χ0v) is 17.2. The molecule has 0 unspecified atom stereocenters. The van der Waals surface area contributed by atoms with Crippen molar-refractivity contribution in [3.8, 4) is 5.75 Å². The van der Waals surface area contributed by atoms with Crippen molar-refractivity contribution >= 4 is 81.3 Å². The van der Waals surface area contributed by atoms with Crippen molar-refractivity contribution in [3.63, 3.8) is 0 Å². The molecule has 1 N–H and O–H groups in total. The Labute approximate surface area is 164 Å². The molecular formula is C15H6Br3N3O2S. The van der Waals surface area contributed by atoms with Crippen LogP contribution in [0.3, 0.4) is 0 Å². The third kappa shape index (κ3) is 2.59. The van der Waals surface area contributed by atoms with Gasteiger partial charge in [0.1, 0.15) is 11.3 Å². The number of benzene rings is 1. The standard InChI is InChI=1S/C15H6Br3N3O2S/c16-7-4-10-13(19-5-7)21-14(23)11(24-15(21)20-10)3-6-1-8(17)12(22)9(18)2-6/h1-5,22H/b11-3-. The number of fused-ring (bicyclic) bond motifs is 3. The zero-order valence-electron chi connectivity index (χ0n) is 11.6. The van der Waals surface area contributed by atoms with Crippen LogP contribution in [0, 0.1) is 0 Å². The molecule has 24 heavy (non-hydrogen) atoms. The first-order chi connectivity index (χ1) is 11.4. The molecule has 0 fully saturated rings. The first kappa shape index (κ1) is 16.2. The molecule has 0 saturated carbocycles. The highest BCUT2D eigenvalue weighted by Crippen LogP contribution is 2.33. The second-order valence-corrected chi connectivity index (χ2v) is 8.61. The van der Waals surface area contributed by atoms with Gasteiger partial charge in [0.25, 0.3) is 5.56 Å². The smallest absolute Gasteiger partial charge is 0.276 e. The van der Waals surface area contributed by atoms with Gasteiger partial charge in [-0.15, -0.1) is 0 Å². The fourth-order valence-electron chi connectivity index (χ4n) is 2.33. The Kier molecular flexibility index (Phi) is 3.98. The summed E-state index contributed by atoms with van der Waals surface area (Å²) in [5.74, 6) is 0.122. The summed E-state index contributed by atoms with van der Waals surface area (Å²) in [6.45, 7) is 0. The minimum atomic E-state index is -0.160. The van der Waals surface area contributed by atoms with Gasteiger partial charge in [-0.3, -0.25) is 4.79 Å². The van der Waals surface area contributed by atoms with Gasteiger partial charge >= 0.3 is 0 Å². The van der Waals surface area contributed by atoms with E-state index in [-0.39, 0.29) is 11.3 Å². The molecule has 0 aliphatic heterocycles. The van der Waals surface area contributed by atoms with Crippen molar-refractivity contribution in [2.45, 2.75) is 0 Å². The summed E-state index contributed by atoms with van der Waals surface area (Å²) in [5, 5.41) is 9.78. The van der Waals surface area contributed by atoms with Crippen LogP contribution < -0.4 is 10.1 Å². The van der Waals surface area contributed by atoms with Crippen LogP contribution in [0.4, 0.5) is 0 Å². The van der Waals surface area contributed by atoms with Crippen LogP contribution in [-0.2, 0) is 0 Å². The predicted octanol–water partition coefficient (Wildman–Crippen LogP) is 3.85. The normalized spacial score (nSPS) is 12.5. The van der Waals surface area contributed by atoms with Crippen LogP contribution in [0.2, 0.25) is 0 Å². The van der Waals surface area contributed by atoms with Crippen molar-refractivity contribution in [1.29, 1.82) is 0 Å². The monoisotopic (exact) mass is 529 g/mol. The van der Waals surface area contributed by atoms with Gasteiger partial charge in [0.15, 0.2) is 10.6 Å². The minimum absolute atomic E-state index is 0.122. The largest absolute Gasteiger partial charge is 0.506 e. The van der Waals surface area contributed by atoms with Gasteiger partial charge < -0.3 is 5.11 Å². The molecule has 4 aromatic rings. The number of halogens is 3. The topological polar surface area (TPSA) is 67.5 Å². The van der Waals surface area contributed by atoms with E-state index in [0.29, 0.717) is 29.6 Å². The first-order valence-electron chi connectivity index (χ1n) is 6.60. The molecular weight excluding hydrogens is 526 g/mol. The number of phenols is 1. The highest BCUT2D eigenvalue weighted by molar-refractivity contribution is 9.11. The molecule has 0 saturated heterocycles. The SMILES string of the molecule is O=c1/c(=C/c2cc(Br)c(O)c(Br)c2)sc2nc3cc(Br)cnc3n12. The minimum Gasteiger partial charge on any atom is -0.506 e. The highest BCUT2D eigenvalue weighted by atomic mass is 79.9. The molecule has 4 rings (SSSR count). The lowest BCUT2D eigenvalue weighted by Crippen LogP contribution is -2.22. The summed E-state index contributed by atoms with van der Waals surface area (Å²) < 4.78 is 3.98. The van der Waals surface area contributed by atoms with Crippen molar-refractivity contribution in [2.75, 3.05) is 0 Å². The second kappa shape index (κ2) is 5.91. The molecule has 9 heteroatoms. The average molecular weight is 532 g/mol. The first-order valence-corrected chi connectivity index (χ1v) is 9.80. The molecule has 0 aliphatic carbocycles. The number of hydrogen-bond donors (Lipinski definition) is 1. The Hall–Kier alpha value is -1.29. The van der Waals surface area contributed by atoms with Gasteiger partial charge in [0.05, 0.1) is 13.5 Å². The fourth-order valence-corrected chi connectivity index (χ4v) is 4.85. The van der Waals surface area contributed by atoms with E-state index in [4.69, 9.17) is 0 Å². The van der Waals surface area contributed by atoms with Gasteiger partial charge in [-0.05, 0) is 77.6 Å². The van der Waals surface area contributed by atoms with Gasteiger partial charge in [0.2, 0.25) is 0 Å². The Morgan fingerprint density at radius 1 is 1.17 bits per heavy atom. The summed E-state index contributed by atoms with van der Waals surface area (Å²) in [5.41, 5.74) is 1.84. The van der Waals surface area contributed by atoms with E-state index in [2.05, 4.69) is 57.8 Å². The molecule has 120 valence electrons. The number of phenolic OH excluding ortho intramolecular Hbond substituents is 1. The van der Waals surface area contributed by atoms with Gasteiger partial charge in [-0.25, -0.2) is 14.4 Å². The average Bonchev–Trinajstić information content (AvgIpc) is 3.01. The summed E-state index contributed by atoms with van der Waals surface area (Å²) in [6.07, 6.45) is 3.41. The number of aromatic nitrogens is 3. The number of thiazole rings is 1. The van der Waals surface area contributed by atoms with E-state index < -0.39 is 0 Å². The van der Waals surface area contributed by atoms with E-state index in [0.717, 1.165) is 10.0 Å². The van der Waals surface area contributed by atoms with Crippen molar-refractivity contribution in [1.82, 2.24) is 14.4 Å². The van der Waals surface area contributed by atoms with E-state index >= 15 is 0 Å². The molecule has 0 atom stereocenters. The number of hydrogen-bond acceptors (Lipinski definition) is 5. The molecule has 3 heterocycles. The Morgan fingerprint density at radius 3 is 2.58 bits per heavy atom. The maximum atomic E-state index is 12.7. The number of rotatable bonds is 1. The summed E-state index contributed by atoms with van der Waals surface area (Å²) >= 11 is 11.2. The number of nitrogens with zero attached hydrogens (tertiary/aromatic N) is 3. The molecule has 0 radical (unpaired) electrons. The van der Waals surface area contributed by atoms with Crippen LogP contribution in [-0.4, -0.2) is 19.5 Å². The van der Waals surface area contributed by atoms with Crippen LogP contribution in [0.1, 0.15) is 5.56 Å². The maximum Gasteiger partial charge on any atom is 0.276 e. The van der Waals surface area contributed by atoms with Crippen molar-refractivity contribution < 1.29 is 5.11 Å². The number of aromatic hydroxyl groups is 1. The van der Waals surface area contributed by atoms with E-state index in [1.54, 1.807) is 24.4 Å². The molecule has 0 aliphatic rings. The summed E-state index contributed by atoms with van der Waals surface area (Å²) in [7, 11) is 0. The predicted molar refractivity (Wildman–Crippen MR) is 105 cm³/mol. The van der Waals surface area contributed by atoms with Gasteiger partial charge in [0, 0.05) is 10.7 Å². The van der Waals surface area contributed by atoms with Gasteiger partial charge in [-0.2, -0.15) is 0 Å². The molecule has 0 amide bonds. The van der Waals surface area contributed by atoms with Crippen LogP contribution >= 0.6 is 59.1 Å². The lowest BCUT2D eigenvalue weighted by atomic mass is 10.2. The highest BCUT2D eigenvalue weighted by Gasteiger charge is 2.13. The lowest BCUT2D eigenvalue weighted by molar-refractivity contribution is 0.468. The maximum absolute atomic E-state index is 12.7. The molecule has 3 aromatic heterocycles. The van der Waals surface area contributed by atoms with Crippen LogP contribution in [0.15, 0.2) is 42.6 Å². The Balaban J connectivity index is 1.98. The van der Waals surface area contributed by atoms with E-state index in [1.165, 1.54) is 15.7 Å². The zero-order chi connectivity index (χ0) is 17.0. The molecule has 5 nitrogen and oxygen atoms in total. The summed E-state index contributed by atoms with van der Waals surface area (Å²) in [6, 6.07) is 5.32. The third-order valence-electron chi connectivity index (χ3n) is 3.39. The van der Waals surface area contributed by atoms with Crippen LogP contribution in [0.5, 0.6) is 5.75 Å². The lowest BCUT2D eigenvalue weighted by Gasteiger charge is -2.01. The molecule has 0 spiro atoms. The van der Waals surface area contributed by atoms with E-state index in [1.807, 2.05) is 6.07 Å². The Bertz CT molecular complexity index is 1210. The fraction of sp³-hybridized carbons (Fsp3) is 0.